The van der Waals surface area contributed by atoms with Crippen LogP contribution in [0.2, 0.25) is 0 Å². The Morgan fingerprint density at radius 1 is 1.50 bits per heavy atom. The predicted octanol–water partition coefficient (Wildman–Crippen LogP) is 0.938. The minimum atomic E-state index is -4.45. The van der Waals surface area contributed by atoms with Crippen LogP contribution in [0, 0.1) is 0 Å². The molecular weight excluding hydrogens is 199 g/mol. The Balaban J connectivity index is 3.10. The number of aromatic nitrogens is 2. The molecule has 1 aromatic rings. The van der Waals surface area contributed by atoms with Crippen LogP contribution in [0.25, 0.3) is 0 Å². The molecule has 1 rings (SSSR count). The van der Waals surface area contributed by atoms with Crippen molar-refractivity contribution in [2.24, 2.45) is 5.73 Å². The predicted molar refractivity (Wildman–Crippen MR) is 42.9 cm³/mol. The molecule has 80 valence electrons. The van der Waals surface area contributed by atoms with Crippen molar-refractivity contribution in [3.63, 3.8) is 0 Å². The number of H-pyrrole nitrogens is 1. The van der Waals surface area contributed by atoms with E-state index in [4.69, 9.17) is 5.73 Å². The summed E-state index contributed by atoms with van der Waals surface area (Å²) in [6.45, 7) is 0.110. The highest BCUT2D eigenvalue weighted by molar-refractivity contribution is 5.32. The van der Waals surface area contributed by atoms with Gasteiger partial charge < -0.3 is 10.5 Å². The fraction of sp³-hybridized carbons (Fsp3) is 0.571. The molecular formula is C7H10F3N3O. The van der Waals surface area contributed by atoms with E-state index in [1.54, 1.807) is 0 Å². The van der Waals surface area contributed by atoms with Gasteiger partial charge in [0.1, 0.15) is 5.69 Å². The molecule has 0 unspecified atom stereocenters. The van der Waals surface area contributed by atoms with Crippen LogP contribution in [0.4, 0.5) is 13.2 Å². The first kappa shape index (κ1) is 10.8. The number of nitrogens with two attached hydrogens (primary N) is 1. The van der Waals surface area contributed by atoms with E-state index >= 15 is 0 Å². The monoisotopic (exact) mass is 209 g/mol. The second-order valence-electron chi connectivity index (χ2n) is 2.62. The molecule has 3 N–H and O–H groups in total. The smallest absolute Gasteiger partial charge is 0.433 e. The number of aromatic amines is 1. The number of methoxy groups -OCH3 is 1. The van der Waals surface area contributed by atoms with E-state index in [0.29, 0.717) is 0 Å². The zero-order valence-electron chi connectivity index (χ0n) is 7.48. The lowest BCUT2D eigenvalue weighted by Gasteiger charge is -2.06. The molecule has 0 aliphatic carbocycles. The van der Waals surface area contributed by atoms with E-state index in [-0.39, 0.29) is 24.4 Å². The number of nitrogens with zero attached hydrogens (tertiary/aromatic N) is 1. The van der Waals surface area contributed by atoms with Gasteiger partial charge in [-0.3, -0.25) is 5.10 Å². The Morgan fingerprint density at radius 2 is 2.14 bits per heavy atom. The lowest BCUT2D eigenvalue weighted by molar-refractivity contribution is -0.141. The maximum atomic E-state index is 12.4. The molecule has 0 saturated heterocycles. The maximum Gasteiger partial charge on any atom is 0.433 e. The third-order valence-corrected chi connectivity index (χ3v) is 1.70. The maximum absolute atomic E-state index is 12.4. The number of hydrogen-bond acceptors (Lipinski definition) is 3. The minimum absolute atomic E-state index is 0.0255. The third kappa shape index (κ3) is 1.98. The fourth-order valence-corrected chi connectivity index (χ4v) is 1.13. The summed E-state index contributed by atoms with van der Waals surface area (Å²) in [4.78, 5) is 0. The molecule has 0 radical (unpaired) electrons. The quantitative estimate of drug-likeness (QED) is 0.778. The summed E-state index contributed by atoms with van der Waals surface area (Å²) in [6.07, 6.45) is -4.37. The normalized spacial score (nSPS) is 11.8. The first-order valence-electron chi connectivity index (χ1n) is 3.89. The summed E-state index contributed by atoms with van der Waals surface area (Å²) in [6, 6.07) is 0. The Hall–Kier alpha value is -1.24. The van der Waals surface area contributed by atoms with Gasteiger partial charge in [0.15, 0.2) is 0 Å². The molecule has 0 bridgehead atoms. The van der Waals surface area contributed by atoms with Gasteiger partial charge in [0.05, 0.1) is 7.11 Å². The second-order valence-corrected chi connectivity index (χ2v) is 2.62. The van der Waals surface area contributed by atoms with Gasteiger partial charge in [-0.2, -0.15) is 13.2 Å². The van der Waals surface area contributed by atoms with Crippen LogP contribution in [0.15, 0.2) is 0 Å². The first-order valence-corrected chi connectivity index (χ1v) is 3.89. The summed E-state index contributed by atoms with van der Waals surface area (Å²) in [5.41, 5.74) is 4.28. The van der Waals surface area contributed by atoms with Crippen molar-refractivity contribution < 1.29 is 17.9 Å². The average molecular weight is 209 g/mol. The summed E-state index contributed by atoms with van der Waals surface area (Å²) in [5.74, 6) is -0.0530. The molecule has 1 aromatic heterocycles. The van der Waals surface area contributed by atoms with Crippen molar-refractivity contribution in [2.75, 3.05) is 13.7 Å². The molecule has 0 amide bonds. The van der Waals surface area contributed by atoms with Gasteiger partial charge in [0, 0.05) is 5.56 Å². The third-order valence-electron chi connectivity index (χ3n) is 1.70. The van der Waals surface area contributed by atoms with Crippen LogP contribution in [-0.4, -0.2) is 23.9 Å². The number of ether oxygens (including phenoxy) is 1. The molecule has 14 heavy (non-hydrogen) atoms. The van der Waals surface area contributed by atoms with E-state index in [1.165, 1.54) is 7.11 Å². The second kappa shape index (κ2) is 3.87. The molecule has 0 aliphatic rings. The Morgan fingerprint density at radius 3 is 2.57 bits per heavy atom. The minimum Gasteiger partial charge on any atom is -0.480 e. The number of hydrogen-bond donors (Lipinski definition) is 2. The van der Waals surface area contributed by atoms with Crippen LogP contribution in [0.5, 0.6) is 5.88 Å². The zero-order chi connectivity index (χ0) is 10.8. The van der Waals surface area contributed by atoms with E-state index in [9.17, 15) is 13.2 Å². The van der Waals surface area contributed by atoms with E-state index in [2.05, 4.69) is 9.84 Å². The number of halogens is 3. The van der Waals surface area contributed by atoms with Crippen molar-refractivity contribution >= 4 is 0 Å². The standard InChI is InChI=1S/C7H10F3N3O/c1-14-6-4(2-3-11)5(12-13-6)7(8,9)10/h2-3,11H2,1H3,(H,12,13). The molecule has 4 nitrogen and oxygen atoms in total. The zero-order valence-corrected chi connectivity index (χ0v) is 7.48. The molecule has 0 atom stereocenters. The molecule has 0 aliphatic heterocycles. The van der Waals surface area contributed by atoms with Crippen molar-refractivity contribution in [1.29, 1.82) is 0 Å². The van der Waals surface area contributed by atoms with Crippen LogP contribution in [0.1, 0.15) is 11.3 Å². The highest BCUT2D eigenvalue weighted by atomic mass is 19.4. The fourth-order valence-electron chi connectivity index (χ4n) is 1.13. The van der Waals surface area contributed by atoms with Gasteiger partial charge >= 0.3 is 6.18 Å². The first-order chi connectivity index (χ1) is 6.50. The largest absolute Gasteiger partial charge is 0.480 e. The van der Waals surface area contributed by atoms with Gasteiger partial charge in [-0.1, -0.05) is 0 Å². The van der Waals surface area contributed by atoms with E-state index in [1.807, 2.05) is 5.10 Å². The van der Waals surface area contributed by atoms with Gasteiger partial charge in [-0.25, -0.2) is 0 Å². The lowest BCUT2D eigenvalue weighted by atomic mass is 10.1. The Labute approximate surface area is 78.2 Å². The van der Waals surface area contributed by atoms with Crippen LogP contribution < -0.4 is 10.5 Å². The Kier molecular flexibility index (Phi) is 3.00. The summed E-state index contributed by atoms with van der Waals surface area (Å²) in [5, 5.41) is 5.29. The van der Waals surface area contributed by atoms with Gasteiger partial charge in [-0.05, 0) is 13.0 Å². The molecule has 0 aromatic carbocycles. The SMILES string of the molecule is COc1n[nH]c(C(F)(F)F)c1CCN. The van der Waals surface area contributed by atoms with Crippen LogP contribution >= 0.6 is 0 Å². The van der Waals surface area contributed by atoms with Crippen molar-refractivity contribution in [2.45, 2.75) is 12.6 Å². The topological polar surface area (TPSA) is 63.9 Å². The Bertz CT molecular complexity index is 308. The van der Waals surface area contributed by atoms with Crippen molar-refractivity contribution in [1.82, 2.24) is 10.2 Å². The number of alkyl halides is 3. The van der Waals surface area contributed by atoms with Gasteiger partial charge in [0.25, 0.3) is 0 Å². The molecule has 0 fully saturated rings. The van der Waals surface area contributed by atoms with Gasteiger partial charge in [0.2, 0.25) is 5.88 Å². The molecule has 7 heteroatoms. The van der Waals surface area contributed by atoms with E-state index in [0.717, 1.165) is 0 Å². The highest BCUT2D eigenvalue weighted by Gasteiger charge is 2.37. The molecule has 0 spiro atoms. The van der Waals surface area contributed by atoms with E-state index < -0.39 is 11.9 Å². The number of rotatable bonds is 3. The molecule has 1 heterocycles. The number of nitrogens with one attached hydrogen (secondary N) is 1. The van der Waals surface area contributed by atoms with Crippen LogP contribution in [0.3, 0.4) is 0 Å². The highest BCUT2D eigenvalue weighted by Crippen LogP contribution is 2.33. The van der Waals surface area contributed by atoms with Crippen LogP contribution in [-0.2, 0) is 12.6 Å². The van der Waals surface area contributed by atoms with Gasteiger partial charge in [-0.15, -0.1) is 5.10 Å². The summed E-state index contributed by atoms with van der Waals surface area (Å²) < 4.78 is 41.7. The van der Waals surface area contributed by atoms with Crippen molar-refractivity contribution in [3.8, 4) is 5.88 Å². The average Bonchev–Trinajstić information content (AvgIpc) is 2.47. The lowest BCUT2D eigenvalue weighted by Crippen LogP contribution is -2.12. The molecule has 0 saturated carbocycles. The summed E-state index contributed by atoms with van der Waals surface area (Å²) >= 11 is 0. The van der Waals surface area contributed by atoms with Crippen molar-refractivity contribution in [3.05, 3.63) is 11.3 Å². The summed E-state index contributed by atoms with van der Waals surface area (Å²) in [7, 11) is 1.26.